The Balaban J connectivity index is 2.10. The molecular weight excluding hydrogens is 196 g/mol. The molecule has 0 aromatic carbocycles. The van der Waals surface area contributed by atoms with E-state index >= 15 is 0 Å². The van der Waals surface area contributed by atoms with Crippen molar-refractivity contribution in [2.75, 3.05) is 0 Å². The van der Waals surface area contributed by atoms with Crippen molar-refractivity contribution in [3.8, 4) is 0 Å². The molecule has 0 amide bonds. The monoisotopic (exact) mass is 212 g/mol. The van der Waals surface area contributed by atoms with Crippen molar-refractivity contribution >= 4 is 11.5 Å². The molecule has 1 heterocycles. The van der Waals surface area contributed by atoms with Gasteiger partial charge in [0.05, 0.1) is 6.10 Å². The summed E-state index contributed by atoms with van der Waals surface area (Å²) in [6.45, 7) is 3.67. The Bertz CT molecular complexity index is 249. The fraction of sp³-hybridized carbons (Fsp3) is 0.600. The second-order valence-electron chi connectivity index (χ2n) is 3.27. The summed E-state index contributed by atoms with van der Waals surface area (Å²) < 4.78 is 3.72. The van der Waals surface area contributed by atoms with Crippen LogP contribution >= 0.6 is 11.5 Å². The maximum atomic E-state index is 9.65. The first kappa shape index (κ1) is 11.3. The molecule has 1 atom stereocenters. The van der Waals surface area contributed by atoms with Crippen LogP contribution < -0.4 is 0 Å². The fourth-order valence-corrected chi connectivity index (χ4v) is 1.77. The summed E-state index contributed by atoms with van der Waals surface area (Å²) in [7, 11) is 0. The molecule has 0 saturated heterocycles. The van der Waals surface area contributed by atoms with Gasteiger partial charge in [-0.05, 0) is 30.8 Å². The molecule has 1 aromatic rings. The van der Waals surface area contributed by atoms with E-state index in [4.69, 9.17) is 0 Å². The number of rotatable bonds is 7. The summed E-state index contributed by atoms with van der Waals surface area (Å²) in [5, 5.41) is 15.3. The van der Waals surface area contributed by atoms with E-state index < -0.39 is 6.10 Å². The number of allylic oxidation sites excluding steroid dienone is 1. The lowest BCUT2D eigenvalue weighted by atomic mass is 10.1. The van der Waals surface area contributed by atoms with Gasteiger partial charge in [-0.15, -0.1) is 11.7 Å². The number of aliphatic hydroxyl groups excluding tert-OH is 1. The molecule has 0 radical (unpaired) electrons. The van der Waals surface area contributed by atoms with Crippen LogP contribution in [0.15, 0.2) is 18.0 Å². The van der Waals surface area contributed by atoms with Crippen LogP contribution in [0.1, 0.15) is 43.9 Å². The van der Waals surface area contributed by atoms with Crippen molar-refractivity contribution < 1.29 is 5.11 Å². The molecule has 1 aromatic heterocycles. The Hall–Kier alpha value is -0.740. The smallest absolute Gasteiger partial charge is 0.104 e. The number of nitrogens with zero attached hydrogens (tertiary/aromatic N) is 2. The van der Waals surface area contributed by atoms with E-state index in [9.17, 15) is 5.11 Å². The molecule has 14 heavy (non-hydrogen) atoms. The number of unbranched alkanes of at least 4 members (excludes halogenated alkanes) is 3. The van der Waals surface area contributed by atoms with E-state index in [2.05, 4.69) is 16.2 Å². The van der Waals surface area contributed by atoms with Gasteiger partial charge in [-0.2, -0.15) is 0 Å². The van der Waals surface area contributed by atoms with Gasteiger partial charge in [0, 0.05) is 5.38 Å². The van der Waals surface area contributed by atoms with E-state index in [-0.39, 0.29) is 0 Å². The zero-order valence-electron chi connectivity index (χ0n) is 8.22. The zero-order chi connectivity index (χ0) is 10.2. The average molecular weight is 212 g/mol. The highest BCUT2D eigenvalue weighted by Gasteiger charge is 2.09. The molecule has 1 unspecified atom stereocenters. The lowest BCUT2D eigenvalue weighted by Gasteiger charge is -2.05. The molecular formula is C10H16N2OS. The number of hydrogen-bond donors (Lipinski definition) is 1. The van der Waals surface area contributed by atoms with Gasteiger partial charge in [-0.3, -0.25) is 0 Å². The third-order valence-corrected chi connectivity index (χ3v) is 2.63. The topological polar surface area (TPSA) is 46.0 Å². The van der Waals surface area contributed by atoms with Crippen LogP contribution in [0, 0.1) is 0 Å². The van der Waals surface area contributed by atoms with Crippen molar-refractivity contribution in [2.45, 2.75) is 38.2 Å². The summed E-state index contributed by atoms with van der Waals surface area (Å²) in [4.78, 5) is 0. The van der Waals surface area contributed by atoms with Gasteiger partial charge in [0.2, 0.25) is 0 Å². The quantitative estimate of drug-likeness (QED) is 0.558. The lowest BCUT2D eigenvalue weighted by Crippen LogP contribution is -1.97. The van der Waals surface area contributed by atoms with E-state index in [0.29, 0.717) is 5.69 Å². The summed E-state index contributed by atoms with van der Waals surface area (Å²) in [6.07, 6.45) is 6.67. The van der Waals surface area contributed by atoms with Crippen molar-refractivity contribution in [1.82, 2.24) is 9.59 Å². The molecule has 0 aliphatic rings. The first-order valence-corrected chi connectivity index (χ1v) is 5.74. The van der Waals surface area contributed by atoms with Crippen LogP contribution in [0.5, 0.6) is 0 Å². The lowest BCUT2D eigenvalue weighted by molar-refractivity contribution is 0.158. The van der Waals surface area contributed by atoms with Crippen LogP contribution in [0.2, 0.25) is 0 Å². The van der Waals surface area contributed by atoms with Crippen molar-refractivity contribution in [2.24, 2.45) is 0 Å². The van der Waals surface area contributed by atoms with Gasteiger partial charge in [-0.25, -0.2) is 0 Å². The Morgan fingerprint density at radius 3 is 3.00 bits per heavy atom. The predicted octanol–water partition coefficient (Wildman–Crippen LogP) is 2.71. The van der Waals surface area contributed by atoms with Gasteiger partial charge < -0.3 is 5.11 Å². The summed E-state index contributed by atoms with van der Waals surface area (Å²) >= 11 is 1.28. The molecule has 0 aliphatic heterocycles. The van der Waals surface area contributed by atoms with Crippen molar-refractivity contribution in [3.05, 3.63) is 23.7 Å². The summed E-state index contributed by atoms with van der Waals surface area (Å²) in [5.41, 5.74) is 0.707. The van der Waals surface area contributed by atoms with E-state index in [0.717, 1.165) is 32.1 Å². The number of aromatic nitrogens is 2. The molecule has 0 saturated carbocycles. The largest absolute Gasteiger partial charge is 0.387 e. The predicted molar refractivity (Wildman–Crippen MR) is 58.2 cm³/mol. The van der Waals surface area contributed by atoms with Gasteiger partial charge in [-0.1, -0.05) is 23.4 Å². The van der Waals surface area contributed by atoms with Gasteiger partial charge in [0.1, 0.15) is 5.69 Å². The Morgan fingerprint density at radius 1 is 1.50 bits per heavy atom. The minimum Gasteiger partial charge on any atom is -0.387 e. The molecule has 0 spiro atoms. The molecule has 0 bridgehead atoms. The van der Waals surface area contributed by atoms with Crippen LogP contribution in [0.3, 0.4) is 0 Å². The highest BCUT2D eigenvalue weighted by Crippen LogP contribution is 2.18. The Labute approximate surface area is 88.6 Å². The van der Waals surface area contributed by atoms with Crippen LogP contribution in [0.4, 0.5) is 0 Å². The molecule has 3 nitrogen and oxygen atoms in total. The van der Waals surface area contributed by atoms with Crippen LogP contribution in [-0.4, -0.2) is 14.7 Å². The van der Waals surface area contributed by atoms with Crippen LogP contribution in [0.25, 0.3) is 0 Å². The SMILES string of the molecule is C=CCCCCCC(O)c1csnn1. The molecule has 0 fully saturated rings. The maximum absolute atomic E-state index is 9.65. The average Bonchev–Trinajstić information content (AvgIpc) is 2.70. The zero-order valence-corrected chi connectivity index (χ0v) is 9.04. The molecule has 1 rings (SSSR count). The molecule has 4 heteroatoms. The van der Waals surface area contributed by atoms with Gasteiger partial charge >= 0.3 is 0 Å². The third-order valence-electron chi connectivity index (χ3n) is 2.10. The van der Waals surface area contributed by atoms with Crippen LogP contribution in [-0.2, 0) is 0 Å². The first-order valence-electron chi connectivity index (χ1n) is 4.90. The summed E-state index contributed by atoms with van der Waals surface area (Å²) in [5.74, 6) is 0. The fourth-order valence-electron chi connectivity index (χ4n) is 1.27. The van der Waals surface area contributed by atoms with E-state index in [1.54, 1.807) is 5.38 Å². The second kappa shape index (κ2) is 6.68. The second-order valence-corrected chi connectivity index (χ2v) is 3.88. The Morgan fingerprint density at radius 2 is 2.36 bits per heavy atom. The highest BCUT2D eigenvalue weighted by atomic mass is 32.1. The molecule has 0 aliphatic carbocycles. The van der Waals surface area contributed by atoms with Gasteiger partial charge in [0.15, 0.2) is 0 Å². The molecule has 1 N–H and O–H groups in total. The number of hydrogen-bond acceptors (Lipinski definition) is 4. The summed E-state index contributed by atoms with van der Waals surface area (Å²) in [6, 6.07) is 0. The highest BCUT2D eigenvalue weighted by molar-refractivity contribution is 7.03. The normalized spacial score (nSPS) is 12.6. The van der Waals surface area contributed by atoms with Gasteiger partial charge in [0.25, 0.3) is 0 Å². The minimum absolute atomic E-state index is 0.433. The Kier molecular flexibility index (Phi) is 5.40. The van der Waals surface area contributed by atoms with E-state index in [1.165, 1.54) is 11.5 Å². The van der Waals surface area contributed by atoms with E-state index in [1.807, 2.05) is 6.08 Å². The third kappa shape index (κ3) is 3.98. The minimum atomic E-state index is -0.433. The number of aliphatic hydroxyl groups is 1. The molecule has 78 valence electrons. The maximum Gasteiger partial charge on any atom is 0.104 e. The van der Waals surface area contributed by atoms with Crippen molar-refractivity contribution in [3.63, 3.8) is 0 Å². The standard InChI is InChI=1S/C10H16N2OS/c1-2-3-4-5-6-7-10(13)9-8-14-12-11-9/h2,8,10,13H,1,3-7H2. The first-order chi connectivity index (χ1) is 6.84. The van der Waals surface area contributed by atoms with Crippen molar-refractivity contribution in [1.29, 1.82) is 0 Å².